The fraction of sp³-hybridized carbons (Fsp3) is 0.615. The van der Waals surface area contributed by atoms with Gasteiger partial charge in [-0.2, -0.15) is 0 Å². The minimum atomic E-state index is -1.44. The Morgan fingerprint density at radius 1 is 1.39 bits per heavy atom. The van der Waals surface area contributed by atoms with Crippen LogP contribution in [-0.4, -0.2) is 56.9 Å². The number of hydrogen-bond acceptors (Lipinski definition) is 8. The molecule has 1 aliphatic heterocycles. The number of carbonyl (C=O) groups excluding carboxylic acids is 1. The molecule has 0 spiro atoms. The van der Waals surface area contributed by atoms with Gasteiger partial charge >= 0.3 is 11.8 Å². The van der Waals surface area contributed by atoms with Crippen LogP contribution in [0.3, 0.4) is 0 Å². The number of aromatic amines is 1. The summed E-state index contributed by atoms with van der Waals surface area (Å²) in [7, 11) is 0. The van der Waals surface area contributed by atoms with E-state index in [9.17, 15) is 24.6 Å². The van der Waals surface area contributed by atoms with Gasteiger partial charge in [0.2, 0.25) is 0 Å². The molecule has 10 nitrogen and oxygen atoms in total. The molecular formula is C13H18N2O8. The molecule has 1 aromatic rings. The Morgan fingerprint density at radius 2 is 2.09 bits per heavy atom. The van der Waals surface area contributed by atoms with Crippen LogP contribution in [0.1, 0.15) is 20.1 Å². The molecule has 2 heterocycles. The summed E-state index contributed by atoms with van der Waals surface area (Å²) in [6, 6.07) is 1.08. The first-order valence-electron chi connectivity index (χ1n) is 6.96. The van der Waals surface area contributed by atoms with Gasteiger partial charge in [-0.05, 0) is 13.8 Å². The Morgan fingerprint density at radius 3 is 2.70 bits per heavy atom. The first-order chi connectivity index (χ1) is 10.8. The lowest BCUT2D eigenvalue weighted by Gasteiger charge is -2.16. The lowest BCUT2D eigenvalue weighted by atomic mass is 10.1. The second kappa shape index (κ2) is 6.94. The number of aliphatic hydroxyl groups excluding tert-OH is 2. The van der Waals surface area contributed by atoms with Gasteiger partial charge in [-0.25, -0.2) is 9.59 Å². The molecule has 0 saturated carbocycles. The highest BCUT2D eigenvalue weighted by atomic mass is 16.7. The topological polar surface area (TPSA) is 140 Å². The number of aliphatic hydroxyl groups is 2. The first-order valence-corrected chi connectivity index (χ1v) is 6.96. The molecule has 128 valence electrons. The van der Waals surface area contributed by atoms with Crippen molar-refractivity contribution in [3.05, 3.63) is 33.1 Å². The van der Waals surface area contributed by atoms with Gasteiger partial charge in [0.05, 0.1) is 6.10 Å². The number of aromatic nitrogens is 2. The Balaban J connectivity index is 2.05. The largest absolute Gasteiger partial charge is 0.508 e. The Kier molecular flexibility index (Phi) is 5.19. The van der Waals surface area contributed by atoms with Crippen molar-refractivity contribution >= 4 is 6.16 Å². The minimum Gasteiger partial charge on any atom is -0.432 e. The lowest BCUT2D eigenvalue weighted by molar-refractivity contribution is -0.0663. The van der Waals surface area contributed by atoms with Crippen molar-refractivity contribution in [3.8, 4) is 0 Å². The van der Waals surface area contributed by atoms with Crippen LogP contribution >= 0.6 is 0 Å². The van der Waals surface area contributed by atoms with E-state index in [2.05, 4.69) is 0 Å². The van der Waals surface area contributed by atoms with Gasteiger partial charge in [0.15, 0.2) is 6.23 Å². The predicted molar refractivity (Wildman–Crippen MR) is 74.8 cm³/mol. The summed E-state index contributed by atoms with van der Waals surface area (Å²) in [5, 5.41) is 19.9. The number of carbonyl (C=O) groups is 1. The molecular weight excluding hydrogens is 312 g/mol. The van der Waals surface area contributed by atoms with E-state index in [1.165, 1.54) is 0 Å². The fourth-order valence-electron chi connectivity index (χ4n) is 2.10. The molecule has 2 rings (SSSR count). The first kappa shape index (κ1) is 17.2. The maximum absolute atomic E-state index is 11.7. The Bertz CT molecular complexity index is 666. The zero-order valence-corrected chi connectivity index (χ0v) is 12.5. The van der Waals surface area contributed by atoms with E-state index >= 15 is 0 Å². The minimum absolute atomic E-state index is 0.363. The molecule has 4 atom stereocenters. The summed E-state index contributed by atoms with van der Waals surface area (Å²) in [6.07, 6.45) is -5.25. The molecule has 3 N–H and O–H groups in total. The third kappa shape index (κ3) is 3.97. The Labute approximate surface area is 130 Å². The van der Waals surface area contributed by atoms with E-state index in [1.807, 2.05) is 4.98 Å². The zero-order valence-electron chi connectivity index (χ0n) is 12.5. The second-order valence-electron chi connectivity index (χ2n) is 5.29. The van der Waals surface area contributed by atoms with Crippen LogP contribution in [-0.2, 0) is 14.2 Å². The van der Waals surface area contributed by atoms with Crippen LogP contribution in [0.5, 0.6) is 0 Å². The monoisotopic (exact) mass is 330 g/mol. The van der Waals surface area contributed by atoms with Gasteiger partial charge in [-0.15, -0.1) is 0 Å². The number of H-pyrrole nitrogens is 1. The summed E-state index contributed by atoms with van der Waals surface area (Å²) in [6.45, 7) is 2.92. The van der Waals surface area contributed by atoms with Crippen molar-refractivity contribution in [1.29, 1.82) is 0 Å². The summed E-state index contributed by atoms with van der Waals surface area (Å²) >= 11 is 0. The summed E-state index contributed by atoms with van der Waals surface area (Å²) < 4.78 is 15.8. The molecule has 1 aromatic heterocycles. The smallest absolute Gasteiger partial charge is 0.432 e. The van der Waals surface area contributed by atoms with Gasteiger partial charge in [-0.3, -0.25) is 14.3 Å². The molecule has 1 fully saturated rings. The summed E-state index contributed by atoms with van der Waals surface area (Å²) in [5.74, 6) is 0. The molecule has 0 amide bonds. The molecule has 0 radical (unpaired) electrons. The van der Waals surface area contributed by atoms with E-state index in [0.717, 1.165) is 16.8 Å². The van der Waals surface area contributed by atoms with Crippen molar-refractivity contribution < 1.29 is 29.2 Å². The van der Waals surface area contributed by atoms with E-state index < -0.39 is 41.9 Å². The molecule has 0 bridgehead atoms. The van der Waals surface area contributed by atoms with Crippen LogP contribution in [0.15, 0.2) is 21.9 Å². The molecule has 23 heavy (non-hydrogen) atoms. The van der Waals surface area contributed by atoms with Gasteiger partial charge in [-0.1, -0.05) is 0 Å². The van der Waals surface area contributed by atoms with E-state index in [4.69, 9.17) is 14.2 Å². The van der Waals surface area contributed by atoms with Gasteiger partial charge in [0, 0.05) is 12.3 Å². The normalized spacial score (nSPS) is 27.2. The van der Waals surface area contributed by atoms with Crippen molar-refractivity contribution in [3.63, 3.8) is 0 Å². The molecule has 0 unspecified atom stereocenters. The standard InChI is InChI=1S/C13H18N2O8/c1-6(2)22-13(20)21-5-7-9(17)10(18)11(23-7)15-4-3-8(16)14-12(15)19/h3-4,6-7,9-11,17-18H,5H2,1-2H3,(H,14,16,19)/t7-,9-,10-,11-/m1/s1. The fourth-order valence-corrected chi connectivity index (χ4v) is 2.10. The Hall–Kier alpha value is -2.17. The van der Waals surface area contributed by atoms with Crippen LogP contribution in [0.2, 0.25) is 0 Å². The third-order valence-corrected chi connectivity index (χ3v) is 3.16. The number of hydrogen-bond donors (Lipinski definition) is 3. The maximum Gasteiger partial charge on any atom is 0.508 e. The second-order valence-corrected chi connectivity index (χ2v) is 5.29. The van der Waals surface area contributed by atoms with E-state index in [1.54, 1.807) is 13.8 Å². The van der Waals surface area contributed by atoms with Gasteiger partial charge < -0.3 is 24.4 Å². The van der Waals surface area contributed by atoms with Crippen LogP contribution < -0.4 is 11.2 Å². The van der Waals surface area contributed by atoms with Crippen molar-refractivity contribution in [2.75, 3.05) is 6.61 Å². The molecule has 1 aliphatic rings. The number of nitrogens with one attached hydrogen (secondary N) is 1. The van der Waals surface area contributed by atoms with Crippen LogP contribution in [0.4, 0.5) is 4.79 Å². The molecule has 0 aromatic carbocycles. The maximum atomic E-state index is 11.7. The highest BCUT2D eigenvalue weighted by Gasteiger charge is 2.44. The summed E-state index contributed by atoms with van der Waals surface area (Å²) in [5.41, 5.74) is -1.40. The lowest BCUT2D eigenvalue weighted by Crippen LogP contribution is -2.37. The van der Waals surface area contributed by atoms with E-state index in [0.29, 0.717) is 0 Å². The average Bonchev–Trinajstić information content (AvgIpc) is 2.73. The van der Waals surface area contributed by atoms with Crippen LogP contribution in [0.25, 0.3) is 0 Å². The van der Waals surface area contributed by atoms with Crippen molar-refractivity contribution in [2.24, 2.45) is 0 Å². The SMILES string of the molecule is CC(C)OC(=O)OC[C@H]1O[C@@H](n2ccc(=O)[nH]c2=O)[C@H](O)[C@@H]1O. The predicted octanol–water partition coefficient (Wildman–Crippen LogP) is -1.28. The average molecular weight is 330 g/mol. The quantitative estimate of drug-likeness (QED) is 0.580. The van der Waals surface area contributed by atoms with Crippen molar-refractivity contribution in [1.82, 2.24) is 9.55 Å². The number of ether oxygens (including phenoxy) is 3. The highest BCUT2D eigenvalue weighted by Crippen LogP contribution is 2.28. The number of rotatable bonds is 4. The van der Waals surface area contributed by atoms with Gasteiger partial charge in [0.1, 0.15) is 24.9 Å². The number of nitrogens with zero attached hydrogens (tertiary/aromatic N) is 1. The molecule has 10 heteroatoms. The van der Waals surface area contributed by atoms with Gasteiger partial charge in [0.25, 0.3) is 5.56 Å². The van der Waals surface area contributed by atoms with Crippen molar-refractivity contribution in [2.45, 2.75) is 44.5 Å². The zero-order chi connectivity index (χ0) is 17.1. The van der Waals surface area contributed by atoms with Crippen LogP contribution in [0, 0.1) is 0 Å². The summed E-state index contributed by atoms with van der Waals surface area (Å²) in [4.78, 5) is 36.1. The van der Waals surface area contributed by atoms with E-state index in [-0.39, 0.29) is 12.7 Å². The molecule has 1 saturated heterocycles. The third-order valence-electron chi connectivity index (χ3n) is 3.16. The highest BCUT2D eigenvalue weighted by molar-refractivity contribution is 5.60. The molecule has 0 aliphatic carbocycles.